The molecule has 2 N–H and O–H groups in total. The average Bonchev–Trinajstić information content (AvgIpc) is 2.65. The van der Waals surface area contributed by atoms with Crippen molar-refractivity contribution in [1.29, 1.82) is 0 Å². The summed E-state index contributed by atoms with van der Waals surface area (Å²) in [7, 11) is 0. The van der Waals surface area contributed by atoms with Crippen LogP contribution in [-0.4, -0.2) is 52.1 Å². The number of aryl methyl sites for hydroxylation is 1. The molecule has 1 fully saturated rings. The molecule has 0 amide bonds. The normalized spacial score (nSPS) is 17.8. The van der Waals surface area contributed by atoms with E-state index >= 15 is 0 Å². The van der Waals surface area contributed by atoms with E-state index in [0.717, 1.165) is 6.07 Å². The minimum atomic E-state index is -4.71. The van der Waals surface area contributed by atoms with E-state index in [-0.39, 0.29) is 14.5 Å². The molecule has 0 spiro atoms. The van der Waals surface area contributed by atoms with Crippen molar-refractivity contribution in [2.75, 3.05) is 24.5 Å². The fourth-order valence-electron chi connectivity index (χ4n) is 3.65. The smallest absolute Gasteiger partial charge is 0.390 e. The Balaban J connectivity index is 0.00000256. The monoisotopic (exact) mass is 426 g/mol. The summed E-state index contributed by atoms with van der Waals surface area (Å²) in [6.45, 7) is 6.56. The van der Waals surface area contributed by atoms with Crippen molar-refractivity contribution in [1.82, 2.24) is 15.3 Å². The Labute approximate surface area is 176 Å². The standard InChI is InChI=1S/C21H25F3N4O2.2H2/c1-13-15(5-4-8-25-13)19(29)18-16(21(22,23)24)6-7-17(27-18)28-10-9-26-14(12-28)11-20(2,3)30;;/h4-8,14,26,30H,9-12H2,1-3H3;2*1H. The Morgan fingerprint density at radius 1 is 1.33 bits per heavy atom. The van der Waals surface area contributed by atoms with Crippen molar-refractivity contribution >= 4 is 11.6 Å². The SMILES string of the molecule is Cc1ncccc1C(=O)c1nc(N2CCNC(CC(C)(C)O)C2)ccc1C(F)(F)F.[HH].[HH]. The predicted molar refractivity (Wildman–Crippen MR) is 111 cm³/mol. The van der Waals surface area contributed by atoms with E-state index in [9.17, 15) is 23.1 Å². The molecule has 1 aliphatic heterocycles. The second-order valence-electron chi connectivity index (χ2n) is 8.14. The number of piperazine rings is 1. The molecule has 6 nitrogen and oxygen atoms in total. The van der Waals surface area contributed by atoms with Gasteiger partial charge in [0.15, 0.2) is 0 Å². The molecule has 30 heavy (non-hydrogen) atoms. The third kappa shape index (κ3) is 5.14. The summed E-state index contributed by atoms with van der Waals surface area (Å²) >= 11 is 0. The highest BCUT2D eigenvalue weighted by atomic mass is 19.4. The summed E-state index contributed by atoms with van der Waals surface area (Å²) in [6, 6.07) is 5.11. The lowest BCUT2D eigenvalue weighted by atomic mass is 9.97. The van der Waals surface area contributed by atoms with Gasteiger partial charge in [0, 0.05) is 46.0 Å². The molecule has 0 radical (unpaired) electrons. The van der Waals surface area contributed by atoms with Gasteiger partial charge in [-0.05, 0) is 51.5 Å². The van der Waals surface area contributed by atoms with Gasteiger partial charge in [0.1, 0.15) is 11.5 Å². The molecule has 166 valence electrons. The van der Waals surface area contributed by atoms with Gasteiger partial charge >= 0.3 is 6.18 Å². The van der Waals surface area contributed by atoms with Gasteiger partial charge in [0.05, 0.1) is 11.2 Å². The molecule has 0 bridgehead atoms. The number of carbonyl (C=O) groups excluding carboxylic acids is 1. The Morgan fingerprint density at radius 3 is 2.70 bits per heavy atom. The number of aromatic nitrogens is 2. The summed E-state index contributed by atoms with van der Waals surface area (Å²) in [5.74, 6) is -0.506. The zero-order valence-electron chi connectivity index (χ0n) is 17.1. The number of hydrogen-bond donors (Lipinski definition) is 2. The van der Waals surface area contributed by atoms with Gasteiger partial charge in [0.2, 0.25) is 5.78 Å². The van der Waals surface area contributed by atoms with Crippen molar-refractivity contribution in [3.8, 4) is 0 Å². The van der Waals surface area contributed by atoms with Crippen LogP contribution in [0, 0.1) is 6.92 Å². The topological polar surface area (TPSA) is 78.4 Å². The molecule has 3 heterocycles. The molecule has 3 rings (SSSR count). The third-order valence-electron chi connectivity index (χ3n) is 4.98. The first-order valence-corrected chi connectivity index (χ1v) is 9.71. The molecule has 1 unspecified atom stereocenters. The maximum Gasteiger partial charge on any atom is 0.418 e. The first-order valence-electron chi connectivity index (χ1n) is 9.71. The fourth-order valence-corrected chi connectivity index (χ4v) is 3.65. The molecular weight excluding hydrogens is 397 g/mol. The van der Waals surface area contributed by atoms with Gasteiger partial charge in [-0.1, -0.05) is 0 Å². The van der Waals surface area contributed by atoms with Crippen molar-refractivity contribution in [3.63, 3.8) is 0 Å². The maximum atomic E-state index is 13.6. The van der Waals surface area contributed by atoms with Crippen molar-refractivity contribution < 1.29 is 25.9 Å². The van der Waals surface area contributed by atoms with Gasteiger partial charge < -0.3 is 15.3 Å². The largest absolute Gasteiger partial charge is 0.418 e. The van der Waals surface area contributed by atoms with Crippen molar-refractivity contribution in [2.24, 2.45) is 0 Å². The minimum absolute atomic E-state index is 0. The number of anilines is 1. The molecule has 1 atom stereocenters. The van der Waals surface area contributed by atoms with E-state index in [1.165, 1.54) is 24.4 Å². The summed E-state index contributed by atoms with van der Waals surface area (Å²) < 4.78 is 40.8. The lowest BCUT2D eigenvalue weighted by molar-refractivity contribution is -0.138. The number of halogens is 3. The second-order valence-corrected chi connectivity index (χ2v) is 8.14. The number of aliphatic hydroxyl groups is 1. The number of rotatable bonds is 5. The van der Waals surface area contributed by atoms with E-state index in [4.69, 9.17) is 0 Å². The van der Waals surface area contributed by atoms with Crippen LogP contribution in [-0.2, 0) is 6.18 Å². The number of nitrogens with zero attached hydrogens (tertiary/aromatic N) is 3. The Bertz CT molecular complexity index is 936. The molecule has 9 heteroatoms. The highest BCUT2D eigenvalue weighted by molar-refractivity contribution is 6.09. The average molecular weight is 426 g/mol. The molecule has 0 aromatic carbocycles. The number of ketones is 1. The number of hydrogen-bond acceptors (Lipinski definition) is 6. The molecule has 0 aliphatic carbocycles. The highest BCUT2D eigenvalue weighted by Gasteiger charge is 2.37. The van der Waals surface area contributed by atoms with Crippen LogP contribution in [0.1, 0.15) is 50.4 Å². The Hall–Kier alpha value is -2.52. The number of alkyl halides is 3. The zero-order valence-corrected chi connectivity index (χ0v) is 17.1. The van der Waals surface area contributed by atoms with Gasteiger partial charge in [-0.15, -0.1) is 0 Å². The Kier molecular flexibility index (Phi) is 6.14. The maximum absolute atomic E-state index is 13.6. The van der Waals surface area contributed by atoms with E-state index in [1.54, 1.807) is 20.8 Å². The fraction of sp³-hybridized carbons (Fsp3) is 0.476. The van der Waals surface area contributed by atoms with Gasteiger partial charge in [0.25, 0.3) is 0 Å². The molecule has 0 saturated carbocycles. The minimum Gasteiger partial charge on any atom is -0.390 e. The van der Waals surface area contributed by atoms with E-state index in [2.05, 4.69) is 15.3 Å². The highest BCUT2D eigenvalue weighted by Crippen LogP contribution is 2.34. The van der Waals surface area contributed by atoms with Crippen molar-refractivity contribution in [3.05, 3.63) is 53.0 Å². The molecule has 1 saturated heterocycles. The van der Waals surface area contributed by atoms with Crippen LogP contribution in [0.15, 0.2) is 30.5 Å². The van der Waals surface area contributed by atoms with E-state index in [0.29, 0.717) is 37.6 Å². The lowest BCUT2D eigenvalue weighted by Gasteiger charge is -2.37. The first-order chi connectivity index (χ1) is 14.0. The van der Waals surface area contributed by atoms with Crippen LogP contribution in [0.2, 0.25) is 0 Å². The van der Waals surface area contributed by atoms with Gasteiger partial charge in [-0.25, -0.2) is 4.98 Å². The van der Waals surface area contributed by atoms with Crippen LogP contribution in [0.5, 0.6) is 0 Å². The lowest BCUT2D eigenvalue weighted by Crippen LogP contribution is -2.53. The summed E-state index contributed by atoms with van der Waals surface area (Å²) in [5, 5.41) is 13.4. The van der Waals surface area contributed by atoms with Gasteiger partial charge in [-0.3, -0.25) is 9.78 Å². The third-order valence-corrected chi connectivity index (χ3v) is 4.98. The summed E-state index contributed by atoms with van der Waals surface area (Å²) in [5.41, 5.74) is -2.15. The first kappa shape index (κ1) is 22.2. The van der Waals surface area contributed by atoms with Gasteiger partial charge in [-0.2, -0.15) is 13.2 Å². The molecular formula is C21H29F3N4O2. The quantitative estimate of drug-likeness (QED) is 0.713. The second kappa shape index (κ2) is 8.31. The molecule has 2 aromatic heterocycles. The summed E-state index contributed by atoms with van der Waals surface area (Å²) in [6.07, 6.45) is -2.76. The molecule has 1 aliphatic rings. The number of nitrogens with one attached hydrogen (secondary N) is 1. The Morgan fingerprint density at radius 2 is 2.07 bits per heavy atom. The zero-order chi connectivity index (χ0) is 22.1. The molecule has 2 aromatic rings. The van der Waals surface area contributed by atoms with Crippen LogP contribution < -0.4 is 10.2 Å². The predicted octanol–water partition coefficient (Wildman–Crippen LogP) is 3.47. The van der Waals surface area contributed by atoms with Crippen LogP contribution in [0.3, 0.4) is 0 Å². The number of pyridine rings is 2. The summed E-state index contributed by atoms with van der Waals surface area (Å²) in [4.78, 5) is 22.9. The van der Waals surface area contributed by atoms with Crippen molar-refractivity contribution in [2.45, 2.75) is 45.0 Å². The number of carbonyl (C=O) groups is 1. The van der Waals surface area contributed by atoms with E-state index in [1.807, 2.05) is 4.90 Å². The van der Waals surface area contributed by atoms with Crippen LogP contribution in [0.4, 0.5) is 19.0 Å². The van der Waals surface area contributed by atoms with Crippen LogP contribution in [0.25, 0.3) is 0 Å². The van der Waals surface area contributed by atoms with Crippen LogP contribution >= 0.6 is 0 Å². The van der Waals surface area contributed by atoms with E-state index < -0.39 is 28.8 Å².